The number of allylic oxidation sites excluding steroid dienone is 2. The average Bonchev–Trinajstić information content (AvgIpc) is 3.23. The van der Waals surface area contributed by atoms with Crippen LogP contribution in [0.3, 0.4) is 0 Å². The van der Waals surface area contributed by atoms with Crippen LogP contribution in [0.25, 0.3) is 0 Å². The summed E-state index contributed by atoms with van der Waals surface area (Å²) in [4.78, 5) is 12.0. The first-order chi connectivity index (χ1) is 12.1. The summed E-state index contributed by atoms with van der Waals surface area (Å²) >= 11 is 0. The van der Waals surface area contributed by atoms with E-state index in [9.17, 15) is 15.0 Å². The van der Waals surface area contributed by atoms with Gasteiger partial charge in [-0.25, -0.2) is 4.79 Å². The second kappa shape index (κ2) is 8.24. The molecule has 26 heavy (non-hydrogen) atoms. The minimum atomic E-state index is -1.20. The van der Waals surface area contributed by atoms with Crippen LogP contribution in [-0.2, 0) is 14.3 Å². The molecule has 0 unspecified atom stereocenters. The van der Waals surface area contributed by atoms with Crippen molar-refractivity contribution in [3.63, 3.8) is 0 Å². The van der Waals surface area contributed by atoms with Crippen LogP contribution in [0.1, 0.15) is 65.7 Å². The van der Waals surface area contributed by atoms with E-state index in [0.717, 1.165) is 19.3 Å². The van der Waals surface area contributed by atoms with Crippen LogP contribution in [-0.4, -0.2) is 46.7 Å². The summed E-state index contributed by atoms with van der Waals surface area (Å²) in [6, 6.07) is 0. The Kier molecular flexibility index (Phi) is 6.70. The SMILES string of the molecule is C=C(C(=O)OC)[C@@H]1CC[C@@](C)(O)[C@@H](O)CC/C(C)=C\CC[C@]2(C)O[C@H]2C1. The molecule has 0 bridgehead atoms. The molecule has 0 amide bonds. The predicted molar refractivity (Wildman–Crippen MR) is 101 cm³/mol. The Bertz CT molecular complexity index is 565. The molecular weight excluding hydrogens is 332 g/mol. The zero-order valence-electron chi connectivity index (χ0n) is 16.6. The zero-order valence-corrected chi connectivity index (χ0v) is 16.6. The second-order valence-electron chi connectivity index (χ2n) is 8.41. The number of fused-ring (bicyclic) bond motifs is 1. The van der Waals surface area contributed by atoms with Crippen LogP contribution in [0, 0.1) is 5.92 Å². The molecular formula is C21H34O5. The number of hydrogen-bond donors (Lipinski definition) is 2. The summed E-state index contributed by atoms with van der Waals surface area (Å²) in [6.07, 6.45) is 6.25. The van der Waals surface area contributed by atoms with Crippen molar-refractivity contribution in [2.24, 2.45) is 5.92 Å². The molecule has 2 N–H and O–H groups in total. The number of esters is 1. The van der Waals surface area contributed by atoms with Crippen LogP contribution in [0.5, 0.6) is 0 Å². The lowest BCUT2D eigenvalue weighted by atomic mass is 9.81. The van der Waals surface area contributed by atoms with E-state index in [1.165, 1.54) is 12.7 Å². The predicted octanol–water partition coefficient (Wildman–Crippen LogP) is 3.29. The smallest absolute Gasteiger partial charge is 0.333 e. The Labute approximate surface area is 157 Å². The van der Waals surface area contributed by atoms with Gasteiger partial charge in [0.15, 0.2) is 0 Å². The highest BCUT2D eigenvalue weighted by atomic mass is 16.6. The first-order valence-corrected chi connectivity index (χ1v) is 9.60. The number of aliphatic hydroxyl groups is 2. The summed E-state index contributed by atoms with van der Waals surface area (Å²) in [5.41, 5.74) is 0.290. The first kappa shape index (κ1) is 21.1. The van der Waals surface area contributed by atoms with Gasteiger partial charge >= 0.3 is 5.97 Å². The van der Waals surface area contributed by atoms with Crippen molar-refractivity contribution < 1.29 is 24.5 Å². The number of methoxy groups -OCH3 is 1. The van der Waals surface area contributed by atoms with E-state index >= 15 is 0 Å². The molecule has 0 spiro atoms. The fourth-order valence-corrected chi connectivity index (χ4v) is 3.81. The van der Waals surface area contributed by atoms with Gasteiger partial charge in [-0.1, -0.05) is 18.2 Å². The van der Waals surface area contributed by atoms with E-state index in [1.807, 2.05) is 0 Å². The Morgan fingerprint density at radius 1 is 1.35 bits per heavy atom. The largest absolute Gasteiger partial charge is 0.466 e. The van der Waals surface area contributed by atoms with Gasteiger partial charge < -0.3 is 19.7 Å². The van der Waals surface area contributed by atoms with Crippen molar-refractivity contribution in [2.75, 3.05) is 7.11 Å². The maximum atomic E-state index is 12.0. The van der Waals surface area contributed by atoms with E-state index in [-0.39, 0.29) is 17.6 Å². The van der Waals surface area contributed by atoms with Gasteiger partial charge in [-0.2, -0.15) is 0 Å². The molecule has 1 fully saturated rings. The highest BCUT2D eigenvalue weighted by Gasteiger charge is 2.52. The van der Waals surface area contributed by atoms with Crippen LogP contribution >= 0.6 is 0 Å². The standard InChI is InChI=1S/C21H34O5/c1-14-7-6-11-21(4)18(26-21)13-16(15(2)19(23)25-5)10-12-20(3,24)17(22)9-8-14/h7,16-18,22,24H,2,6,8-13H2,1,3-5H3/b14-7-/t16-,17+,18+,20-,21+/m1/s1. The monoisotopic (exact) mass is 366 g/mol. The van der Waals surface area contributed by atoms with Gasteiger partial charge in [0.2, 0.25) is 0 Å². The number of carbonyl (C=O) groups excluding carboxylic acids is 1. The molecule has 0 aromatic carbocycles. The van der Waals surface area contributed by atoms with Crippen molar-refractivity contribution in [1.82, 2.24) is 0 Å². The highest BCUT2D eigenvalue weighted by molar-refractivity contribution is 5.88. The van der Waals surface area contributed by atoms with E-state index in [1.54, 1.807) is 6.92 Å². The van der Waals surface area contributed by atoms with Crippen molar-refractivity contribution in [1.29, 1.82) is 0 Å². The Hall–Kier alpha value is -1.17. The number of aliphatic hydroxyl groups excluding tert-OH is 1. The molecule has 1 heterocycles. The van der Waals surface area contributed by atoms with Gasteiger partial charge in [0.25, 0.3) is 0 Å². The maximum Gasteiger partial charge on any atom is 0.333 e. The van der Waals surface area contributed by atoms with E-state index in [0.29, 0.717) is 31.3 Å². The maximum absolute atomic E-state index is 12.0. The van der Waals surface area contributed by atoms with Crippen molar-refractivity contribution >= 4 is 5.97 Å². The molecule has 2 aliphatic rings. The van der Waals surface area contributed by atoms with Gasteiger partial charge in [0.1, 0.15) is 0 Å². The van der Waals surface area contributed by atoms with Crippen molar-refractivity contribution in [3.8, 4) is 0 Å². The average molecular weight is 366 g/mol. The molecule has 2 rings (SSSR count). The van der Waals surface area contributed by atoms with Gasteiger partial charge in [-0.15, -0.1) is 0 Å². The van der Waals surface area contributed by atoms with Crippen LogP contribution in [0.2, 0.25) is 0 Å². The summed E-state index contributed by atoms with van der Waals surface area (Å²) in [6.45, 7) is 9.77. The highest BCUT2D eigenvalue weighted by Crippen LogP contribution is 2.46. The number of epoxide rings is 1. The molecule has 1 aliphatic heterocycles. The number of hydrogen-bond acceptors (Lipinski definition) is 5. The topological polar surface area (TPSA) is 79.3 Å². The van der Waals surface area contributed by atoms with Gasteiger partial charge in [-0.3, -0.25) is 0 Å². The van der Waals surface area contributed by atoms with Crippen LogP contribution in [0.15, 0.2) is 23.8 Å². The summed E-state index contributed by atoms with van der Waals surface area (Å²) in [5, 5.41) is 21.1. The number of rotatable bonds is 2. The second-order valence-corrected chi connectivity index (χ2v) is 8.41. The molecule has 1 saturated heterocycles. The molecule has 5 heteroatoms. The van der Waals surface area contributed by atoms with Gasteiger partial charge in [-0.05, 0) is 71.6 Å². The first-order valence-electron chi connectivity index (χ1n) is 9.60. The molecule has 5 atom stereocenters. The van der Waals surface area contributed by atoms with E-state index in [4.69, 9.17) is 9.47 Å². The molecule has 0 saturated carbocycles. The van der Waals surface area contributed by atoms with Crippen molar-refractivity contribution in [3.05, 3.63) is 23.8 Å². The summed E-state index contributed by atoms with van der Waals surface area (Å²) in [5.74, 6) is -0.551. The zero-order chi connectivity index (χ0) is 19.5. The van der Waals surface area contributed by atoms with Crippen molar-refractivity contribution in [2.45, 2.75) is 89.1 Å². The Balaban J connectivity index is 2.18. The minimum Gasteiger partial charge on any atom is -0.466 e. The van der Waals surface area contributed by atoms with E-state index < -0.39 is 17.7 Å². The van der Waals surface area contributed by atoms with Gasteiger partial charge in [0, 0.05) is 5.57 Å². The lowest BCUT2D eigenvalue weighted by molar-refractivity contribution is -0.136. The third-order valence-corrected chi connectivity index (χ3v) is 6.14. The van der Waals surface area contributed by atoms with Crippen LogP contribution in [0.4, 0.5) is 0 Å². The summed E-state index contributed by atoms with van der Waals surface area (Å²) < 4.78 is 10.8. The molecule has 0 aromatic rings. The number of ether oxygens (including phenoxy) is 2. The lowest BCUT2D eigenvalue weighted by Crippen LogP contribution is -2.40. The molecule has 5 nitrogen and oxygen atoms in total. The third kappa shape index (κ3) is 5.18. The number of carbonyl (C=O) groups is 1. The molecule has 1 aliphatic carbocycles. The minimum absolute atomic E-state index is 0.0837. The fourth-order valence-electron chi connectivity index (χ4n) is 3.81. The van der Waals surface area contributed by atoms with E-state index in [2.05, 4.69) is 26.5 Å². The molecule has 148 valence electrons. The summed E-state index contributed by atoms with van der Waals surface area (Å²) in [7, 11) is 1.35. The molecule has 0 aromatic heterocycles. The quantitative estimate of drug-likeness (QED) is 0.339. The fraction of sp³-hybridized carbons (Fsp3) is 0.762. The Morgan fingerprint density at radius 3 is 2.69 bits per heavy atom. The Morgan fingerprint density at radius 2 is 2.04 bits per heavy atom. The normalized spacial score (nSPS) is 41.2. The molecule has 0 radical (unpaired) electrons. The third-order valence-electron chi connectivity index (χ3n) is 6.14. The van der Waals surface area contributed by atoms with Crippen LogP contribution < -0.4 is 0 Å². The van der Waals surface area contributed by atoms with Gasteiger partial charge in [0.05, 0.1) is 30.5 Å². The lowest BCUT2D eigenvalue weighted by Gasteiger charge is -2.31.